The summed E-state index contributed by atoms with van der Waals surface area (Å²) in [6, 6.07) is 2.96. The minimum atomic E-state index is -0.845. The van der Waals surface area contributed by atoms with Crippen molar-refractivity contribution in [3.8, 4) is 10.6 Å². The van der Waals surface area contributed by atoms with Crippen LogP contribution < -0.4 is 5.32 Å². The number of carboxylic acids is 1. The Labute approximate surface area is 163 Å². The van der Waals surface area contributed by atoms with Crippen LogP contribution in [0.4, 0.5) is 10.2 Å². The number of fused-ring (bicyclic) bond motifs is 3. The van der Waals surface area contributed by atoms with E-state index in [0.29, 0.717) is 9.21 Å². The molecule has 0 aliphatic heterocycles. The monoisotopic (exact) mass is 415 g/mol. The molecule has 2 atom stereocenters. The number of aromatic nitrogens is 2. The molecular weight excluding hydrogens is 400 g/mol. The van der Waals surface area contributed by atoms with Gasteiger partial charge < -0.3 is 10.4 Å². The van der Waals surface area contributed by atoms with Crippen LogP contribution in [0, 0.1) is 23.6 Å². The first-order valence-electron chi connectivity index (χ1n) is 8.42. The van der Waals surface area contributed by atoms with Crippen molar-refractivity contribution in [2.75, 3.05) is 5.32 Å². The van der Waals surface area contributed by atoms with Crippen molar-refractivity contribution in [2.24, 2.45) is 17.8 Å². The van der Waals surface area contributed by atoms with Crippen LogP contribution in [0.2, 0.25) is 9.62 Å². The molecule has 3 fully saturated rings. The number of hydrogen-bond donors (Lipinski definition) is 2. The lowest BCUT2D eigenvalue weighted by Gasteiger charge is -2.47. The summed E-state index contributed by atoms with van der Waals surface area (Å²) in [5.74, 6) is -1.77. The summed E-state index contributed by atoms with van der Waals surface area (Å²) in [6.45, 7) is 0. The summed E-state index contributed by atoms with van der Waals surface area (Å²) in [5.41, 5.74) is 0.0669. The van der Waals surface area contributed by atoms with Gasteiger partial charge in [-0.15, -0.1) is 11.3 Å². The molecule has 26 heavy (non-hydrogen) atoms. The molecule has 2 N–H and O–H groups in total. The maximum Gasteiger partial charge on any atom is 0.308 e. The van der Waals surface area contributed by atoms with Crippen LogP contribution in [0.15, 0.2) is 12.1 Å². The van der Waals surface area contributed by atoms with Crippen LogP contribution in [0.1, 0.15) is 25.7 Å². The van der Waals surface area contributed by atoms with Gasteiger partial charge in [0, 0.05) is 6.04 Å². The van der Waals surface area contributed by atoms with Gasteiger partial charge in [0.1, 0.15) is 5.69 Å². The van der Waals surface area contributed by atoms with Crippen LogP contribution in [0.3, 0.4) is 0 Å². The van der Waals surface area contributed by atoms with Gasteiger partial charge in [-0.25, -0.2) is 9.37 Å². The van der Waals surface area contributed by atoms with E-state index in [4.69, 9.17) is 23.2 Å². The van der Waals surface area contributed by atoms with Gasteiger partial charge in [0.05, 0.1) is 15.1 Å². The van der Waals surface area contributed by atoms with Crippen molar-refractivity contribution < 1.29 is 14.3 Å². The third-order valence-electron chi connectivity index (χ3n) is 5.44. The lowest BCUT2D eigenvalue weighted by molar-refractivity contribution is -0.148. The molecule has 2 heterocycles. The average molecular weight is 416 g/mol. The summed E-state index contributed by atoms with van der Waals surface area (Å²) in [6.07, 6.45) is 3.71. The van der Waals surface area contributed by atoms with Gasteiger partial charge in [-0.05, 0) is 61.3 Å². The predicted molar refractivity (Wildman–Crippen MR) is 99.3 cm³/mol. The summed E-state index contributed by atoms with van der Waals surface area (Å²) in [4.78, 5) is 20.3. The number of nitrogens with one attached hydrogen (secondary N) is 1. The summed E-state index contributed by atoms with van der Waals surface area (Å²) in [5, 5.41) is 12.6. The molecule has 2 aromatic rings. The van der Waals surface area contributed by atoms with Crippen molar-refractivity contribution in [1.82, 2.24) is 9.97 Å². The van der Waals surface area contributed by atoms with Gasteiger partial charge in [-0.1, -0.05) is 11.6 Å². The molecule has 3 aliphatic rings. The zero-order chi connectivity index (χ0) is 18.4. The van der Waals surface area contributed by atoms with Gasteiger partial charge in [-0.2, -0.15) is 4.98 Å². The second kappa shape index (κ2) is 6.94. The van der Waals surface area contributed by atoms with Crippen LogP contribution in [0.5, 0.6) is 0 Å². The molecule has 0 aromatic carbocycles. The fourth-order valence-electron chi connectivity index (χ4n) is 4.29. The maximum absolute atomic E-state index is 15.0. The molecule has 0 spiro atoms. The smallest absolute Gasteiger partial charge is 0.308 e. The van der Waals surface area contributed by atoms with E-state index in [0.717, 1.165) is 25.7 Å². The summed E-state index contributed by atoms with van der Waals surface area (Å²) < 4.78 is 15.6. The van der Waals surface area contributed by atoms with Crippen molar-refractivity contribution in [1.29, 1.82) is 0 Å². The lowest BCUT2D eigenvalue weighted by Crippen LogP contribution is -2.51. The number of anilines is 1. The fourth-order valence-corrected chi connectivity index (χ4v) is 5.49. The van der Waals surface area contributed by atoms with Crippen LogP contribution in [-0.4, -0.2) is 27.1 Å². The van der Waals surface area contributed by atoms with E-state index in [1.807, 2.05) is 0 Å². The molecular formula is C17H16Cl2FN3O2S. The molecule has 9 heteroatoms. The van der Waals surface area contributed by atoms with E-state index in [2.05, 4.69) is 15.3 Å². The van der Waals surface area contributed by atoms with Gasteiger partial charge in [0.15, 0.2) is 11.6 Å². The zero-order valence-corrected chi connectivity index (χ0v) is 15.9. The molecule has 5 nitrogen and oxygen atoms in total. The van der Waals surface area contributed by atoms with Crippen molar-refractivity contribution in [2.45, 2.75) is 31.7 Å². The normalized spacial score (nSPS) is 27.5. The Morgan fingerprint density at radius 1 is 1.19 bits per heavy atom. The highest BCUT2D eigenvalue weighted by molar-refractivity contribution is 7.19. The summed E-state index contributed by atoms with van der Waals surface area (Å²) >= 11 is 13.1. The van der Waals surface area contributed by atoms with E-state index >= 15 is 4.39 Å². The molecule has 0 saturated heterocycles. The number of rotatable bonds is 4. The highest BCUT2D eigenvalue weighted by atomic mass is 35.5. The lowest BCUT2D eigenvalue weighted by atomic mass is 9.61. The highest BCUT2D eigenvalue weighted by Gasteiger charge is 2.47. The molecule has 3 aliphatic carbocycles. The predicted octanol–water partition coefficient (Wildman–Crippen LogP) is 4.95. The van der Waals surface area contributed by atoms with Gasteiger partial charge in [0.25, 0.3) is 0 Å². The molecule has 0 radical (unpaired) electrons. The molecule has 2 bridgehead atoms. The number of carbonyl (C=O) groups is 1. The van der Waals surface area contributed by atoms with E-state index in [1.165, 1.54) is 11.3 Å². The topological polar surface area (TPSA) is 75.1 Å². The molecule has 0 amide bonds. The molecule has 2 aromatic heterocycles. The number of thiophene rings is 1. The minimum absolute atomic E-state index is 0.0478. The largest absolute Gasteiger partial charge is 0.481 e. The Balaban J connectivity index is 1.70. The van der Waals surface area contributed by atoms with Gasteiger partial charge in [0.2, 0.25) is 5.28 Å². The van der Waals surface area contributed by atoms with Gasteiger partial charge >= 0.3 is 5.97 Å². The zero-order valence-electron chi connectivity index (χ0n) is 13.6. The molecule has 0 unspecified atom stereocenters. The Morgan fingerprint density at radius 3 is 2.50 bits per heavy atom. The number of hydrogen-bond acceptors (Lipinski definition) is 5. The number of nitrogens with zero attached hydrogens (tertiary/aromatic N) is 2. The molecule has 3 saturated carbocycles. The Hall–Kier alpha value is -1.44. The maximum atomic E-state index is 15.0. The first-order chi connectivity index (χ1) is 12.4. The highest BCUT2D eigenvalue weighted by Crippen LogP contribution is 2.46. The number of halogens is 3. The van der Waals surface area contributed by atoms with E-state index < -0.39 is 17.7 Å². The summed E-state index contributed by atoms with van der Waals surface area (Å²) in [7, 11) is 0. The van der Waals surface area contributed by atoms with Crippen LogP contribution >= 0.6 is 34.5 Å². The van der Waals surface area contributed by atoms with E-state index in [9.17, 15) is 9.90 Å². The quantitative estimate of drug-likeness (QED) is 0.690. The van der Waals surface area contributed by atoms with E-state index in [-0.39, 0.29) is 34.7 Å². The van der Waals surface area contributed by atoms with Gasteiger partial charge in [-0.3, -0.25) is 4.79 Å². The fraction of sp³-hybridized carbons (Fsp3) is 0.471. The standard InChI is InChI=1S/C17H16Cl2FN3O2S/c18-10-6-5-9(26-10)14-12(20)15(23-17(19)22-14)21-13-8-3-1-7(2-4-8)11(13)16(24)25/h5-8,11,13H,1-4H2,(H,24,25)(H,21,22,23)/t7?,8?,11-,13-/m0/s1. The number of aliphatic carboxylic acids is 1. The Kier molecular flexibility index (Phi) is 4.79. The molecule has 5 rings (SSSR count). The van der Waals surface area contributed by atoms with Crippen molar-refractivity contribution in [3.63, 3.8) is 0 Å². The van der Waals surface area contributed by atoms with Crippen molar-refractivity contribution >= 4 is 46.3 Å². The Bertz CT molecular complexity index is 855. The second-order valence-electron chi connectivity index (χ2n) is 6.82. The van der Waals surface area contributed by atoms with Crippen molar-refractivity contribution in [3.05, 3.63) is 27.6 Å². The van der Waals surface area contributed by atoms with Crippen LogP contribution in [0.25, 0.3) is 10.6 Å². The second-order valence-corrected chi connectivity index (χ2v) is 8.87. The first-order valence-corrected chi connectivity index (χ1v) is 9.99. The van der Waals surface area contributed by atoms with E-state index in [1.54, 1.807) is 12.1 Å². The number of carboxylic acid groups (broad SMARTS) is 1. The third kappa shape index (κ3) is 3.17. The SMILES string of the molecule is O=C(O)[C@H]1C2CCC(CC2)[C@@H]1Nc1nc(Cl)nc(-c2ccc(Cl)s2)c1F. The molecule has 138 valence electrons. The Morgan fingerprint density at radius 2 is 1.88 bits per heavy atom. The van der Waals surface area contributed by atoms with Crippen LogP contribution in [-0.2, 0) is 4.79 Å². The minimum Gasteiger partial charge on any atom is -0.481 e. The average Bonchev–Trinajstić information content (AvgIpc) is 3.04. The third-order valence-corrected chi connectivity index (χ3v) is 6.85. The first kappa shape index (κ1) is 17.9.